The van der Waals surface area contributed by atoms with E-state index >= 15 is 0 Å². The third-order valence-corrected chi connectivity index (χ3v) is 3.91. The molecule has 168 valence electrons. The van der Waals surface area contributed by atoms with Crippen molar-refractivity contribution in [1.29, 1.82) is 0 Å². The molecule has 0 aliphatic heterocycles. The molecule has 0 bridgehead atoms. The zero-order chi connectivity index (χ0) is 21.7. The van der Waals surface area contributed by atoms with Crippen LogP contribution in [0, 0.1) is 0 Å². The van der Waals surface area contributed by atoms with Crippen molar-refractivity contribution in [3.8, 4) is 0 Å². The van der Waals surface area contributed by atoms with Crippen LogP contribution in [0.15, 0.2) is 0 Å². The maximum Gasteiger partial charge on any atom is 0.305 e. The van der Waals surface area contributed by atoms with Gasteiger partial charge < -0.3 is 24.4 Å². The fourth-order valence-electron chi connectivity index (χ4n) is 2.28. The summed E-state index contributed by atoms with van der Waals surface area (Å²) in [6.45, 7) is 0.889. The normalized spacial score (nSPS) is 10.4. The van der Waals surface area contributed by atoms with Gasteiger partial charge in [0.2, 0.25) is 0 Å². The largest absolute Gasteiger partial charge is 0.481 e. The van der Waals surface area contributed by atoms with Crippen LogP contribution >= 0.6 is 0 Å². The predicted molar refractivity (Wildman–Crippen MR) is 103 cm³/mol. The Morgan fingerprint density at radius 3 is 1.21 bits per heavy atom. The van der Waals surface area contributed by atoms with Gasteiger partial charge in [0.25, 0.3) is 0 Å². The molecule has 0 saturated heterocycles. The van der Waals surface area contributed by atoms with Crippen molar-refractivity contribution in [2.45, 2.75) is 77.0 Å². The summed E-state index contributed by atoms with van der Waals surface area (Å²) < 4.78 is 15.1. The van der Waals surface area contributed by atoms with E-state index < -0.39 is 5.97 Å². The first-order valence-electron chi connectivity index (χ1n) is 10.2. The van der Waals surface area contributed by atoms with Crippen LogP contribution < -0.4 is 0 Å². The lowest BCUT2D eigenvalue weighted by atomic mass is 10.2. The van der Waals surface area contributed by atoms with Gasteiger partial charge in [-0.1, -0.05) is 0 Å². The molecule has 0 aromatic carbocycles. The number of unbranched alkanes of at least 4 members (excludes halogenated alkanes) is 4. The molecule has 0 unspecified atom stereocenters. The highest BCUT2D eigenvalue weighted by atomic mass is 16.5. The molecule has 0 heterocycles. The van der Waals surface area contributed by atoms with Gasteiger partial charge in [-0.3, -0.25) is 19.2 Å². The average Bonchev–Trinajstić information content (AvgIpc) is 2.68. The molecular weight excluding hydrogens is 384 g/mol. The number of ether oxygens (including phenoxy) is 3. The number of carboxylic acids is 1. The van der Waals surface area contributed by atoms with E-state index in [9.17, 15) is 19.2 Å². The van der Waals surface area contributed by atoms with E-state index in [1.54, 1.807) is 0 Å². The Bertz CT molecular complexity index is 477. The monoisotopic (exact) mass is 418 g/mol. The van der Waals surface area contributed by atoms with Crippen LogP contribution in [0.3, 0.4) is 0 Å². The molecule has 0 spiro atoms. The van der Waals surface area contributed by atoms with Gasteiger partial charge in [-0.2, -0.15) is 0 Å². The number of carbonyl (C=O) groups is 4. The summed E-state index contributed by atoms with van der Waals surface area (Å²) in [4.78, 5) is 44.7. The molecule has 0 aromatic heterocycles. The Labute approximate surface area is 171 Å². The van der Waals surface area contributed by atoms with Crippen molar-refractivity contribution >= 4 is 23.9 Å². The Morgan fingerprint density at radius 1 is 0.517 bits per heavy atom. The van der Waals surface area contributed by atoms with Crippen molar-refractivity contribution in [3.05, 3.63) is 0 Å². The third-order valence-electron chi connectivity index (χ3n) is 3.91. The van der Waals surface area contributed by atoms with Gasteiger partial charge in [-0.25, -0.2) is 0 Å². The smallest absolute Gasteiger partial charge is 0.305 e. The lowest BCUT2D eigenvalue weighted by Crippen LogP contribution is -2.09. The number of esters is 3. The summed E-state index contributed by atoms with van der Waals surface area (Å²) in [6, 6.07) is 0. The summed E-state index contributed by atoms with van der Waals surface area (Å²) in [6.07, 6.45) is 5.20. The number of hydrogen-bond acceptors (Lipinski definition) is 8. The molecule has 9 nitrogen and oxygen atoms in total. The summed E-state index contributed by atoms with van der Waals surface area (Å²) >= 11 is 0. The number of aliphatic hydroxyl groups is 1. The molecule has 0 aliphatic carbocycles. The van der Waals surface area contributed by atoms with E-state index in [-0.39, 0.29) is 63.4 Å². The highest BCUT2D eigenvalue weighted by Gasteiger charge is 2.07. The van der Waals surface area contributed by atoms with E-state index in [1.165, 1.54) is 0 Å². The third kappa shape index (κ3) is 20.4. The molecular formula is C20H34O9. The lowest BCUT2D eigenvalue weighted by molar-refractivity contribution is -0.146. The van der Waals surface area contributed by atoms with E-state index in [2.05, 4.69) is 0 Å². The van der Waals surface area contributed by atoms with Crippen LogP contribution in [0.1, 0.15) is 77.0 Å². The first-order valence-corrected chi connectivity index (χ1v) is 10.2. The quantitative estimate of drug-likeness (QED) is 0.184. The first kappa shape index (κ1) is 26.8. The molecule has 9 heteroatoms. The molecule has 0 amide bonds. The van der Waals surface area contributed by atoms with Gasteiger partial charge in [-0.05, 0) is 51.4 Å². The average molecular weight is 418 g/mol. The van der Waals surface area contributed by atoms with Crippen LogP contribution in [0.2, 0.25) is 0 Å². The number of hydrogen-bond donors (Lipinski definition) is 2. The van der Waals surface area contributed by atoms with Gasteiger partial charge in [0.15, 0.2) is 0 Å². The number of carbonyl (C=O) groups excluding carboxylic acids is 3. The topological polar surface area (TPSA) is 136 Å². The molecule has 0 aliphatic rings. The SMILES string of the molecule is O=C(O)CCCCC(=O)OCCCCOC(=O)CCCCC(=O)OCCCCO. The van der Waals surface area contributed by atoms with E-state index in [4.69, 9.17) is 24.4 Å². The predicted octanol–water partition coefficient (Wildman–Crippen LogP) is 2.37. The van der Waals surface area contributed by atoms with Crippen molar-refractivity contribution in [3.63, 3.8) is 0 Å². The van der Waals surface area contributed by atoms with E-state index in [0.29, 0.717) is 58.0 Å². The minimum atomic E-state index is -0.874. The standard InChI is InChI=1S/C20H34O9/c21-13-5-6-14-27-19(25)11-3-4-12-20(26)29-16-8-7-15-28-18(24)10-2-1-9-17(22)23/h21H,1-16H2,(H,22,23). The number of carboxylic acid groups (broad SMARTS) is 1. The van der Waals surface area contributed by atoms with Crippen LogP contribution in [0.25, 0.3) is 0 Å². The van der Waals surface area contributed by atoms with Crippen molar-refractivity contribution in [2.75, 3.05) is 26.4 Å². The molecule has 0 atom stereocenters. The maximum atomic E-state index is 11.6. The minimum Gasteiger partial charge on any atom is -0.481 e. The Hall–Kier alpha value is -2.16. The molecule has 29 heavy (non-hydrogen) atoms. The summed E-state index contributed by atoms with van der Waals surface area (Å²) in [5.41, 5.74) is 0. The second-order valence-electron chi connectivity index (χ2n) is 6.61. The van der Waals surface area contributed by atoms with Gasteiger partial charge in [0, 0.05) is 32.3 Å². The molecule has 0 saturated carbocycles. The second kappa shape index (κ2) is 19.2. The highest BCUT2D eigenvalue weighted by molar-refractivity contribution is 5.70. The summed E-state index contributed by atoms with van der Waals surface area (Å²) in [5, 5.41) is 17.1. The number of aliphatic carboxylic acids is 1. The minimum absolute atomic E-state index is 0.0498. The Morgan fingerprint density at radius 2 is 0.862 bits per heavy atom. The summed E-state index contributed by atoms with van der Waals surface area (Å²) in [7, 11) is 0. The Balaban J connectivity index is 3.42. The van der Waals surface area contributed by atoms with Crippen LogP contribution in [0.4, 0.5) is 0 Å². The van der Waals surface area contributed by atoms with Gasteiger partial charge in [0.05, 0.1) is 19.8 Å². The Kier molecular flexibility index (Phi) is 17.7. The highest BCUT2D eigenvalue weighted by Crippen LogP contribution is 2.05. The van der Waals surface area contributed by atoms with Crippen molar-refractivity contribution in [1.82, 2.24) is 0 Å². The molecule has 0 aromatic rings. The van der Waals surface area contributed by atoms with Gasteiger partial charge in [-0.15, -0.1) is 0 Å². The zero-order valence-electron chi connectivity index (χ0n) is 17.1. The first-order chi connectivity index (χ1) is 14.0. The fourth-order valence-corrected chi connectivity index (χ4v) is 2.28. The molecule has 0 fully saturated rings. The van der Waals surface area contributed by atoms with Crippen molar-refractivity contribution < 1.29 is 43.6 Å². The number of rotatable bonds is 19. The summed E-state index contributed by atoms with van der Waals surface area (Å²) in [5.74, 6) is -1.84. The van der Waals surface area contributed by atoms with Gasteiger partial charge in [0.1, 0.15) is 0 Å². The van der Waals surface area contributed by atoms with Crippen molar-refractivity contribution in [2.24, 2.45) is 0 Å². The lowest BCUT2D eigenvalue weighted by Gasteiger charge is -2.06. The molecule has 0 rings (SSSR count). The van der Waals surface area contributed by atoms with E-state index in [0.717, 1.165) is 0 Å². The fraction of sp³-hybridized carbons (Fsp3) is 0.800. The maximum absolute atomic E-state index is 11.6. The van der Waals surface area contributed by atoms with Gasteiger partial charge >= 0.3 is 23.9 Å². The second-order valence-corrected chi connectivity index (χ2v) is 6.61. The molecule has 2 N–H and O–H groups in total. The zero-order valence-corrected chi connectivity index (χ0v) is 17.1. The van der Waals surface area contributed by atoms with E-state index in [1.807, 2.05) is 0 Å². The molecule has 0 radical (unpaired) electrons. The van der Waals surface area contributed by atoms with Crippen LogP contribution in [-0.4, -0.2) is 60.5 Å². The van der Waals surface area contributed by atoms with Crippen LogP contribution in [0.5, 0.6) is 0 Å². The van der Waals surface area contributed by atoms with Crippen LogP contribution in [-0.2, 0) is 33.4 Å². The number of aliphatic hydroxyl groups excluding tert-OH is 1.